The van der Waals surface area contributed by atoms with Crippen LogP contribution in [0.4, 0.5) is 0 Å². The first kappa shape index (κ1) is 12.0. The zero-order valence-corrected chi connectivity index (χ0v) is 9.50. The molecule has 84 valence electrons. The molecule has 1 aliphatic rings. The van der Waals surface area contributed by atoms with Gasteiger partial charge in [0.05, 0.1) is 11.7 Å². The zero-order valence-electron chi connectivity index (χ0n) is 9.50. The average Bonchev–Trinajstić information content (AvgIpc) is 2.32. The van der Waals surface area contributed by atoms with Gasteiger partial charge < -0.3 is 10.2 Å². The van der Waals surface area contributed by atoms with E-state index in [4.69, 9.17) is 0 Å². The Morgan fingerprint density at radius 3 is 2.50 bits per heavy atom. The van der Waals surface area contributed by atoms with Crippen molar-refractivity contribution in [2.45, 2.75) is 70.5 Å². The van der Waals surface area contributed by atoms with E-state index in [0.717, 1.165) is 32.1 Å². The van der Waals surface area contributed by atoms with Gasteiger partial charge in [-0.15, -0.1) is 0 Å². The summed E-state index contributed by atoms with van der Waals surface area (Å²) in [6.45, 7) is 3.88. The van der Waals surface area contributed by atoms with Crippen LogP contribution in [0.3, 0.4) is 0 Å². The zero-order chi connectivity index (χ0) is 10.6. The van der Waals surface area contributed by atoms with Gasteiger partial charge in [0.25, 0.3) is 0 Å². The lowest BCUT2D eigenvalue weighted by Crippen LogP contribution is -2.31. The highest BCUT2D eigenvalue weighted by atomic mass is 16.3. The topological polar surface area (TPSA) is 40.5 Å². The highest BCUT2D eigenvalue weighted by molar-refractivity contribution is 4.81. The molecule has 0 heterocycles. The largest absolute Gasteiger partial charge is 0.393 e. The number of aliphatic hydroxyl groups is 2. The lowest BCUT2D eigenvalue weighted by molar-refractivity contribution is -0.00391. The van der Waals surface area contributed by atoms with Crippen LogP contribution in [0.1, 0.15) is 58.8 Å². The Morgan fingerprint density at radius 1 is 1.21 bits per heavy atom. The van der Waals surface area contributed by atoms with Gasteiger partial charge in [0.1, 0.15) is 0 Å². The molecule has 3 atom stereocenters. The molecule has 1 saturated carbocycles. The van der Waals surface area contributed by atoms with E-state index >= 15 is 0 Å². The van der Waals surface area contributed by atoms with E-state index in [1.807, 2.05) is 13.8 Å². The molecule has 0 aromatic carbocycles. The molecule has 1 aliphatic carbocycles. The van der Waals surface area contributed by atoms with Gasteiger partial charge in [-0.2, -0.15) is 0 Å². The molecule has 0 saturated heterocycles. The second kappa shape index (κ2) is 5.13. The smallest absolute Gasteiger partial charge is 0.0620 e. The summed E-state index contributed by atoms with van der Waals surface area (Å²) in [5.74, 6) is 0.312. The molecule has 2 heteroatoms. The average molecular weight is 200 g/mol. The maximum absolute atomic E-state index is 9.97. The SMILES string of the molecule is CCC(C)(O)CC1CCCCCC1O. The van der Waals surface area contributed by atoms with Crippen molar-refractivity contribution in [3.05, 3.63) is 0 Å². The Bertz CT molecular complexity index is 166. The lowest BCUT2D eigenvalue weighted by Gasteiger charge is -2.29. The summed E-state index contributed by atoms with van der Waals surface area (Å²) in [7, 11) is 0. The van der Waals surface area contributed by atoms with Crippen molar-refractivity contribution in [1.29, 1.82) is 0 Å². The summed E-state index contributed by atoms with van der Waals surface area (Å²) in [6, 6.07) is 0. The Balaban J connectivity index is 2.48. The molecule has 2 N–H and O–H groups in total. The molecule has 1 rings (SSSR count). The predicted molar refractivity (Wildman–Crippen MR) is 58.1 cm³/mol. The van der Waals surface area contributed by atoms with Gasteiger partial charge in [0, 0.05) is 0 Å². The van der Waals surface area contributed by atoms with Crippen LogP contribution in [-0.2, 0) is 0 Å². The highest BCUT2D eigenvalue weighted by Gasteiger charge is 2.28. The second-order valence-corrected chi connectivity index (χ2v) is 5.02. The van der Waals surface area contributed by atoms with E-state index in [1.54, 1.807) is 0 Å². The third kappa shape index (κ3) is 3.58. The maximum atomic E-state index is 9.97. The van der Waals surface area contributed by atoms with Crippen LogP contribution < -0.4 is 0 Å². The molecule has 2 nitrogen and oxygen atoms in total. The third-order valence-corrected chi connectivity index (χ3v) is 3.58. The monoisotopic (exact) mass is 200 g/mol. The van der Waals surface area contributed by atoms with Crippen molar-refractivity contribution in [3.8, 4) is 0 Å². The molecular formula is C12H24O2. The fourth-order valence-electron chi connectivity index (χ4n) is 2.31. The van der Waals surface area contributed by atoms with Crippen molar-refractivity contribution in [3.63, 3.8) is 0 Å². The van der Waals surface area contributed by atoms with Crippen molar-refractivity contribution >= 4 is 0 Å². The van der Waals surface area contributed by atoms with E-state index in [1.165, 1.54) is 12.8 Å². The summed E-state index contributed by atoms with van der Waals surface area (Å²) in [5, 5.41) is 19.9. The maximum Gasteiger partial charge on any atom is 0.0620 e. The van der Waals surface area contributed by atoms with Crippen molar-refractivity contribution in [1.82, 2.24) is 0 Å². The summed E-state index contributed by atoms with van der Waals surface area (Å²) >= 11 is 0. The first-order valence-corrected chi connectivity index (χ1v) is 5.95. The quantitative estimate of drug-likeness (QED) is 0.687. The van der Waals surface area contributed by atoms with Gasteiger partial charge in [-0.3, -0.25) is 0 Å². The van der Waals surface area contributed by atoms with Crippen LogP contribution in [0, 0.1) is 5.92 Å². The van der Waals surface area contributed by atoms with Gasteiger partial charge in [-0.25, -0.2) is 0 Å². The van der Waals surface area contributed by atoms with Crippen LogP contribution in [0.2, 0.25) is 0 Å². The van der Waals surface area contributed by atoms with E-state index in [0.29, 0.717) is 5.92 Å². The van der Waals surface area contributed by atoms with E-state index in [-0.39, 0.29) is 6.10 Å². The van der Waals surface area contributed by atoms with Crippen LogP contribution >= 0.6 is 0 Å². The molecule has 0 amide bonds. The molecular weight excluding hydrogens is 176 g/mol. The van der Waals surface area contributed by atoms with Gasteiger partial charge >= 0.3 is 0 Å². The molecule has 0 spiro atoms. The van der Waals surface area contributed by atoms with E-state index in [9.17, 15) is 10.2 Å². The van der Waals surface area contributed by atoms with Crippen LogP contribution in [0.25, 0.3) is 0 Å². The Hall–Kier alpha value is -0.0800. The summed E-state index contributed by atoms with van der Waals surface area (Å²) in [5.41, 5.74) is -0.587. The fourth-order valence-corrected chi connectivity index (χ4v) is 2.31. The molecule has 0 aromatic heterocycles. The lowest BCUT2D eigenvalue weighted by atomic mass is 9.84. The first-order valence-electron chi connectivity index (χ1n) is 5.95. The third-order valence-electron chi connectivity index (χ3n) is 3.58. The molecule has 3 unspecified atom stereocenters. The van der Waals surface area contributed by atoms with Gasteiger partial charge in [0.15, 0.2) is 0 Å². The summed E-state index contributed by atoms with van der Waals surface area (Å²) in [6.07, 6.45) is 6.94. The number of hydrogen-bond donors (Lipinski definition) is 2. The van der Waals surface area contributed by atoms with Gasteiger partial charge in [0.2, 0.25) is 0 Å². The van der Waals surface area contributed by atoms with Crippen LogP contribution in [-0.4, -0.2) is 21.9 Å². The molecule has 0 aromatic rings. The summed E-state index contributed by atoms with van der Waals surface area (Å²) < 4.78 is 0. The van der Waals surface area contributed by atoms with Crippen molar-refractivity contribution in [2.75, 3.05) is 0 Å². The number of aliphatic hydroxyl groups excluding tert-OH is 1. The molecule has 0 aliphatic heterocycles. The van der Waals surface area contributed by atoms with Gasteiger partial charge in [-0.05, 0) is 38.5 Å². The molecule has 1 fully saturated rings. The Kier molecular flexibility index (Phi) is 4.39. The minimum absolute atomic E-state index is 0.185. The normalized spacial score (nSPS) is 33.4. The molecule has 0 radical (unpaired) electrons. The number of hydrogen-bond acceptors (Lipinski definition) is 2. The number of rotatable bonds is 3. The van der Waals surface area contributed by atoms with E-state index in [2.05, 4.69) is 0 Å². The fraction of sp³-hybridized carbons (Fsp3) is 1.00. The second-order valence-electron chi connectivity index (χ2n) is 5.02. The Labute approximate surface area is 87.3 Å². The summed E-state index contributed by atoms with van der Waals surface area (Å²) in [4.78, 5) is 0. The van der Waals surface area contributed by atoms with Crippen molar-refractivity contribution < 1.29 is 10.2 Å². The van der Waals surface area contributed by atoms with Gasteiger partial charge in [-0.1, -0.05) is 26.2 Å². The molecule has 14 heavy (non-hydrogen) atoms. The Morgan fingerprint density at radius 2 is 1.86 bits per heavy atom. The minimum atomic E-state index is -0.587. The van der Waals surface area contributed by atoms with E-state index < -0.39 is 5.60 Å². The highest BCUT2D eigenvalue weighted by Crippen LogP contribution is 2.31. The minimum Gasteiger partial charge on any atom is -0.393 e. The first-order chi connectivity index (χ1) is 6.55. The van der Waals surface area contributed by atoms with Crippen LogP contribution in [0.5, 0.6) is 0 Å². The predicted octanol–water partition coefficient (Wildman–Crippen LogP) is 2.48. The molecule has 0 bridgehead atoms. The van der Waals surface area contributed by atoms with Crippen molar-refractivity contribution in [2.24, 2.45) is 5.92 Å². The standard InChI is InChI=1S/C12H24O2/c1-3-12(2,14)9-10-7-5-4-6-8-11(10)13/h10-11,13-14H,3-9H2,1-2H3. The van der Waals surface area contributed by atoms with Crippen LogP contribution in [0.15, 0.2) is 0 Å².